The molecule has 7 heteroatoms. The van der Waals surface area contributed by atoms with E-state index in [9.17, 15) is 0 Å². The Labute approximate surface area is 103 Å². The molecule has 0 aliphatic carbocycles. The molecular formula is C11H12N6O. The number of fused-ring (bicyclic) bond motifs is 1. The minimum Gasteiger partial charge on any atom is -0.352 e. The highest BCUT2D eigenvalue weighted by Gasteiger charge is 2.04. The van der Waals surface area contributed by atoms with Crippen molar-refractivity contribution in [1.82, 2.24) is 24.7 Å². The zero-order valence-electron chi connectivity index (χ0n) is 9.87. The van der Waals surface area contributed by atoms with Crippen molar-refractivity contribution in [1.29, 1.82) is 0 Å². The molecule has 0 saturated heterocycles. The van der Waals surface area contributed by atoms with E-state index in [0.29, 0.717) is 30.6 Å². The molecule has 3 aromatic heterocycles. The Bertz CT molecular complexity index is 625. The van der Waals surface area contributed by atoms with Gasteiger partial charge < -0.3 is 9.84 Å². The van der Waals surface area contributed by atoms with Crippen LogP contribution in [0.25, 0.3) is 5.65 Å². The molecule has 0 aliphatic rings. The van der Waals surface area contributed by atoms with Gasteiger partial charge in [0.25, 0.3) is 0 Å². The van der Waals surface area contributed by atoms with E-state index >= 15 is 0 Å². The average molecular weight is 244 g/mol. The highest BCUT2D eigenvalue weighted by Crippen LogP contribution is 2.04. The minimum absolute atomic E-state index is 0.579. The van der Waals surface area contributed by atoms with Gasteiger partial charge in [-0.2, -0.15) is 9.97 Å². The first-order chi connectivity index (χ1) is 8.81. The lowest BCUT2D eigenvalue weighted by Crippen LogP contribution is -2.07. The van der Waals surface area contributed by atoms with Crippen LogP contribution in [0.2, 0.25) is 0 Å². The number of nitrogens with zero attached hydrogens (tertiary/aromatic N) is 5. The summed E-state index contributed by atoms with van der Waals surface area (Å²) in [5, 5.41) is 11.2. The van der Waals surface area contributed by atoms with Crippen LogP contribution in [-0.2, 0) is 6.42 Å². The Morgan fingerprint density at radius 2 is 2.28 bits per heavy atom. The standard InChI is InChI=1S/C11H12N6O/c1-8-13-9(16-18-8)5-6-12-11-14-10-4-2-3-7-17(10)15-11/h2-4,7H,5-6H2,1H3,(H,12,15). The van der Waals surface area contributed by atoms with Crippen molar-refractivity contribution < 1.29 is 4.52 Å². The van der Waals surface area contributed by atoms with Crippen LogP contribution >= 0.6 is 0 Å². The normalized spacial score (nSPS) is 10.9. The van der Waals surface area contributed by atoms with Gasteiger partial charge >= 0.3 is 0 Å². The van der Waals surface area contributed by atoms with Crippen LogP contribution in [0.5, 0.6) is 0 Å². The van der Waals surface area contributed by atoms with Crippen LogP contribution in [0.4, 0.5) is 5.95 Å². The predicted octanol–water partition coefficient (Wildman–Crippen LogP) is 1.08. The maximum Gasteiger partial charge on any atom is 0.243 e. The Morgan fingerprint density at radius 3 is 3.06 bits per heavy atom. The number of pyridine rings is 1. The second-order valence-electron chi connectivity index (χ2n) is 3.85. The molecule has 3 aromatic rings. The number of rotatable bonds is 4. The second-order valence-corrected chi connectivity index (χ2v) is 3.85. The van der Waals surface area contributed by atoms with E-state index in [4.69, 9.17) is 4.52 Å². The first-order valence-electron chi connectivity index (χ1n) is 5.66. The Kier molecular flexibility index (Phi) is 2.64. The number of aryl methyl sites for hydroxylation is 1. The molecule has 0 aliphatic heterocycles. The van der Waals surface area contributed by atoms with Crippen molar-refractivity contribution in [2.24, 2.45) is 0 Å². The molecule has 0 unspecified atom stereocenters. The fourth-order valence-electron chi connectivity index (χ4n) is 1.64. The molecule has 0 fully saturated rings. The van der Waals surface area contributed by atoms with Crippen molar-refractivity contribution in [3.8, 4) is 0 Å². The van der Waals surface area contributed by atoms with Crippen LogP contribution < -0.4 is 5.32 Å². The number of hydrogen-bond donors (Lipinski definition) is 1. The molecule has 0 spiro atoms. The third-order valence-corrected chi connectivity index (χ3v) is 2.44. The summed E-state index contributed by atoms with van der Waals surface area (Å²) in [6.45, 7) is 2.43. The molecule has 1 N–H and O–H groups in total. The maximum absolute atomic E-state index is 4.89. The fraction of sp³-hybridized carbons (Fsp3) is 0.273. The van der Waals surface area contributed by atoms with Gasteiger partial charge in [0.1, 0.15) is 0 Å². The van der Waals surface area contributed by atoms with Crippen molar-refractivity contribution in [3.05, 3.63) is 36.1 Å². The van der Waals surface area contributed by atoms with Gasteiger partial charge in [0.2, 0.25) is 11.8 Å². The topological polar surface area (TPSA) is 81.1 Å². The summed E-state index contributed by atoms with van der Waals surface area (Å²) >= 11 is 0. The average Bonchev–Trinajstić information content (AvgIpc) is 2.95. The SMILES string of the molecule is Cc1nc(CCNc2nc3ccccn3n2)no1. The smallest absolute Gasteiger partial charge is 0.243 e. The van der Waals surface area contributed by atoms with Crippen molar-refractivity contribution in [2.75, 3.05) is 11.9 Å². The van der Waals surface area contributed by atoms with E-state index in [0.717, 1.165) is 5.65 Å². The van der Waals surface area contributed by atoms with Crippen molar-refractivity contribution >= 4 is 11.6 Å². The fourth-order valence-corrected chi connectivity index (χ4v) is 1.64. The van der Waals surface area contributed by atoms with E-state index in [1.807, 2.05) is 24.4 Å². The van der Waals surface area contributed by atoms with E-state index in [2.05, 4.69) is 25.5 Å². The van der Waals surface area contributed by atoms with E-state index < -0.39 is 0 Å². The van der Waals surface area contributed by atoms with Crippen LogP contribution in [0, 0.1) is 6.92 Å². The molecule has 0 radical (unpaired) electrons. The molecule has 0 atom stereocenters. The number of nitrogens with one attached hydrogen (secondary N) is 1. The molecule has 0 saturated carbocycles. The molecule has 0 aromatic carbocycles. The van der Waals surface area contributed by atoms with Gasteiger partial charge in [0.05, 0.1) is 0 Å². The van der Waals surface area contributed by atoms with Gasteiger partial charge in [-0.25, -0.2) is 4.52 Å². The second kappa shape index (κ2) is 4.44. The van der Waals surface area contributed by atoms with Gasteiger partial charge in [0.15, 0.2) is 11.5 Å². The summed E-state index contributed by atoms with van der Waals surface area (Å²) in [6, 6.07) is 5.74. The summed E-state index contributed by atoms with van der Waals surface area (Å²) in [7, 11) is 0. The molecule has 18 heavy (non-hydrogen) atoms. The lowest BCUT2D eigenvalue weighted by molar-refractivity contribution is 0.387. The molecule has 92 valence electrons. The van der Waals surface area contributed by atoms with Crippen LogP contribution in [-0.4, -0.2) is 31.3 Å². The summed E-state index contributed by atoms with van der Waals surface area (Å²) in [5.74, 6) is 1.86. The maximum atomic E-state index is 4.89. The highest BCUT2D eigenvalue weighted by atomic mass is 16.5. The monoisotopic (exact) mass is 244 g/mol. The summed E-state index contributed by atoms with van der Waals surface area (Å²) in [6.07, 6.45) is 2.53. The Balaban J connectivity index is 1.62. The lowest BCUT2D eigenvalue weighted by Gasteiger charge is -1.96. The number of aromatic nitrogens is 5. The number of anilines is 1. The highest BCUT2D eigenvalue weighted by molar-refractivity contribution is 5.42. The molecule has 0 amide bonds. The molecule has 0 bridgehead atoms. The van der Waals surface area contributed by atoms with Crippen molar-refractivity contribution in [2.45, 2.75) is 13.3 Å². The summed E-state index contributed by atoms with van der Waals surface area (Å²) in [5.41, 5.74) is 0.815. The molecule has 3 rings (SSSR count). The first-order valence-corrected chi connectivity index (χ1v) is 5.66. The minimum atomic E-state index is 0.579. The summed E-state index contributed by atoms with van der Waals surface area (Å²) < 4.78 is 6.61. The van der Waals surface area contributed by atoms with Gasteiger partial charge in [-0.15, -0.1) is 5.10 Å². The van der Waals surface area contributed by atoms with Gasteiger partial charge in [-0.3, -0.25) is 0 Å². The first kappa shape index (κ1) is 10.7. The lowest BCUT2D eigenvalue weighted by atomic mass is 10.4. The Hall–Kier alpha value is -2.44. The third-order valence-electron chi connectivity index (χ3n) is 2.44. The van der Waals surface area contributed by atoms with Crippen LogP contribution in [0.3, 0.4) is 0 Å². The zero-order chi connectivity index (χ0) is 12.4. The van der Waals surface area contributed by atoms with Crippen molar-refractivity contribution in [3.63, 3.8) is 0 Å². The van der Waals surface area contributed by atoms with E-state index in [-0.39, 0.29) is 0 Å². The largest absolute Gasteiger partial charge is 0.352 e. The Morgan fingerprint density at radius 1 is 1.33 bits per heavy atom. The van der Waals surface area contributed by atoms with Crippen LogP contribution in [0.15, 0.2) is 28.9 Å². The van der Waals surface area contributed by atoms with Gasteiger partial charge in [0, 0.05) is 26.1 Å². The van der Waals surface area contributed by atoms with E-state index in [1.54, 1.807) is 11.4 Å². The van der Waals surface area contributed by atoms with E-state index in [1.165, 1.54) is 0 Å². The third kappa shape index (κ3) is 2.15. The summed E-state index contributed by atoms with van der Waals surface area (Å²) in [4.78, 5) is 8.45. The van der Waals surface area contributed by atoms with Crippen LogP contribution in [0.1, 0.15) is 11.7 Å². The van der Waals surface area contributed by atoms with Gasteiger partial charge in [-0.1, -0.05) is 11.2 Å². The molecule has 3 heterocycles. The quantitative estimate of drug-likeness (QED) is 0.739. The van der Waals surface area contributed by atoms with Gasteiger partial charge in [-0.05, 0) is 12.1 Å². The number of hydrogen-bond acceptors (Lipinski definition) is 6. The molecule has 7 nitrogen and oxygen atoms in total. The zero-order valence-corrected chi connectivity index (χ0v) is 9.87. The molecular weight excluding hydrogens is 232 g/mol. The predicted molar refractivity (Wildman–Crippen MR) is 64.2 cm³/mol.